The summed E-state index contributed by atoms with van der Waals surface area (Å²) in [5, 5.41) is 34.5. The maximum atomic E-state index is 10.9. The molecule has 0 amide bonds. The topological polar surface area (TPSA) is 149 Å². The Balaban J connectivity index is 4.92. The van der Waals surface area contributed by atoms with Crippen LogP contribution in [-0.2, 0) is 19.2 Å². The van der Waals surface area contributed by atoms with Crippen molar-refractivity contribution in [1.29, 1.82) is 0 Å². The van der Waals surface area contributed by atoms with Gasteiger partial charge in [-0.1, -0.05) is 0 Å². The molecule has 0 atom stereocenters. The molecule has 8 heteroatoms. The molecule has 0 spiro atoms. The van der Waals surface area contributed by atoms with Crippen LogP contribution in [0, 0.1) is 5.41 Å². The molecule has 0 saturated carbocycles. The first-order valence-corrected chi connectivity index (χ1v) is 4.63. The fraction of sp³-hybridized carbons (Fsp3) is 0.556. The number of hydrogen-bond acceptors (Lipinski definition) is 4. The summed E-state index contributed by atoms with van der Waals surface area (Å²) in [5.41, 5.74) is -2.47. The van der Waals surface area contributed by atoms with Crippen molar-refractivity contribution in [3.05, 3.63) is 0 Å². The van der Waals surface area contributed by atoms with Crippen LogP contribution in [0.25, 0.3) is 0 Å². The van der Waals surface area contributed by atoms with Gasteiger partial charge in [-0.05, 0) is 12.8 Å². The van der Waals surface area contributed by atoms with Gasteiger partial charge in [0.2, 0.25) is 0 Å². The molecule has 0 aliphatic rings. The predicted octanol–water partition coefficient (Wildman–Crippen LogP) is -0.128. The van der Waals surface area contributed by atoms with Gasteiger partial charge < -0.3 is 20.4 Å². The van der Waals surface area contributed by atoms with Crippen LogP contribution in [0.2, 0.25) is 0 Å². The molecule has 0 unspecified atom stereocenters. The lowest BCUT2D eigenvalue weighted by Gasteiger charge is -2.22. The van der Waals surface area contributed by atoms with Gasteiger partial charge in [-0.3, -0.25) is 19.2 Å². The fourth-order valence-corrected chi connectivity index (χ4v) is 1.34. The lowest BCUT2D eigenvalue weighted by Crippen LogP contribution is -2.41. The minimum atomic E-state index is -2.47. The minimum absolute atomic E-state index is 0.221. The Bertz CT molecular complexity index is 331. The van der Waals surface area contributed by atoms with Crippen LogP contribution >= 0.6 is 0 Å². The summed E-state index contributed by atoms with van der Waals surface area (Å²) in [7, 11) is 0. The number of carboxylic acid groups (broad SMARTS) is 4. The van der Waals surface area contributed by atoms with Crippen LogP contribution in [0.1, 0.15) is 25.7 Å². The van der Waals surface area contributed by atoms with Gasteiger partial charge in [-0.15, -0.1) is 0 Å². The average Bonchev–Trinajstić information content (AvgIpc) is 2.13. The Morgan fingerprint density at radius 3 is 1.59 bits per heavy atom. The second kappa shape index (κ2) is 5.83. The van der Waals surface area contributed by atoms with Gasteiger partial charge in [0.05, 0.1) is 6.42 Å². The zero-order valence-corrected chi connectivity index (χ0v) is 8.75. The van der Waals surface area contributed by atoms with Crippen molar-refractivity contribution in [2.75, 3.05) is 0 Å². The zero-order valence-electron chi connectivity index (χ0n) is 8.75. The molecule has 0 bridgehead atoms. The summed E-state index contributed by atoms with van der Waals surface area (Å²) in [5.74, 6) is -6.33. The Morgan fingerprint density at radius 1 is 0.824 bits per heavy atom. The van der Waals surface area contributed by atoms with Gasteiger partial charge >= 0.3 is 23.9 Å². The third-order valence-electron chi connectivity index (χ3n) is 2.27. The summed E-state index contributed by atoms with van der Waals surface area (Å²) < 4.78 is 0. The molecule has 0 radical (unpaired) electrons. The highest BCUT2D eigenvalue weighted by Crippen LogP contribution is 2.30. The van der Waals surface area contributed by atoms with Crippen molar-refractivity contribution >= 4 is 23.9 Å². The van der Waals surface area contributed by atoms with Gasteiger partial charge in [-0.2, -0.15) is 0 Å². The molecule has 0 saturated heterocycles. The second-order valence-electron chi connectivity index (χ2n) is 3.51. The first kappa shape index (κ1) is 14.9. The largest absolute Gasteiger partial charge is 0.481 e. The molecule has 0 heterocycles. The van der Waals surface area contributed by atoms with Crippen LogP contribution in [0.4, 0.5) is 0 Å². The molecule has 8 nitrogen and oxygen atoms in total. The van der Waals surface area contributed by atoms with Crippen molar-refractivity contribution < 1.29 is 39.6 Å². The molecular formula is C9H12O8. The van der Waals surface area contributed by atoms with E-state index in [2.05, 4.69) is 0 Å². The highest BCUT2D eigenvalue weighted by atomic mass is 16.4. The zero-order chi connectivity index (χ0) is 13.6. The first-order valence-electron chi connectivity index (χ1n) is 4.63. The maximum absolute atomic E-state index is 10.9. The highest BCUT2D eigenvalue weighted by Gasteiger charge is 2.48. The van der Waals surface area contributed by atoms with Gasteiger partial charge in [0.1, 0.15) is 0 Å². The lowest BCUT2D eigenvalue weighted by molar-refractivity contribution is -0.170. The van der Waals surface area contributed by atoms with E-state index in [-0.39, 0.29) is 6.42 Å². The molecular weight excluding hydrogens is 236 g/mol. The molecule has 17 heavy (non-hydrogen) atoms. The third kappa shape index (κ3) is 4.09. The van der Waals surface area contributed by atoms with Gasteiger partial charge in [0, 0.05) is 6.42 Å². The molecule has 0 aromatic rings. The fourth-order valence-electron chi connectivity index (χ4n) is 1.34. The van der Waals surface area contributed by atoms with Crippen LogP contribution in [0.15, 0.2) is 0 Å². The molecule has 96 valence electrons. The molecule has 0 aliphatic carbocycles. The van der Waals surface area contributed by atoms with Crippen molar-refractivity contribution in [1.82, 2.24) is 0 Å². The number of rotatable bonds is 8. The summed E-state index contributed by atoms with van der Waals surface area (Å²) >= 11 is 0. The van der Waals surface area contributed by atoms with E-state index in [0.29, 0.717) is 0 Å². The Kier molecular flexibility index (Phi) is 5.10. The molecule has 4 N–H and O–H groups in total. The van der Waals surface area contributed by atoms with Crippen LogP contribution in [0.3, 0.4) is 0 Å². The predicted molar refractivity (Wildman–Crippen MR) is 51.4 cm³/mol. The lowest BCUT2D eigenvalue weighted by atomic mass is 9.79. The van der Waals surface area contributed by atoms with Crippen LogP contribution < -0.4 is 0 Å². The van der Waals surface area contributed by atoms with E-state index in [1.165, 1.54) is 0 Å². The van der Waals surface area contributed by atoms with Gasteiger partial charge in [-0.25, -0.2) is 0 Å². The normalized spacial score (nSPS) is 10.8. The average molecular weight is 248 g/mol. The maximum Gasteiger partial charge on any atom is 0.321 e. The molecule has 0 rings (SSSR count). The summed E-state index contributed by atoms with van der Waals surface area (Å²) in [6.45, 7) is 0. The molecule has 0 aromatic heterocycles. The molecule has 0 fully saturated rings. The summed E-state index contributed by atoms with van der Waals surface area (Å²) in [6, 6.07) is 0. The van der Waals surface area contributed by atoms with Crippen LogP contribution in [-0.4, -0.2) is 44.3 Å². The smallest absolute Gasteiger partial charge is 0.321 e. The Labute approximate surface area is 95.5 Å². The van der Waals surface area contributed by atoms with E-state index in [4.69, 9.17) is 20.4 Å². The highest BCUT2D eigenvalue weighted by molar-refractivity contribution is 6.01. The molecule has 0 aliphatic heterocycles. The van der Waals surface area contributed by atoms with E-state index >= 15 is 0 Å². The standard InChI is InChI=1S/C9H12O8/c10-5(11)2-1-3-9(7(14)15,8(16)17)4-6(12)13/h1-4H2,(H,10,11)(H,12,13)(H,14,15)(H,16,17). The van der Waals surface area contributed by atoms with E-state index in [1.807, 2.05) is 0 Å². The Hall–Kier alpha value is -2.12. The van der Waals surface area contributed by atoms with Crippen LogP contribution in [0.5, 0.6) is 0 Å². The van der Waals surface area contributed by atoms with E-state index in [1.54, 1.807) is 0 Å². The van der Waals surface area contributed by atoms with Crippen molar-refractivity contribution in [2.45, 2.75) is 25.7 Å². The van der Waals surface area contributed by atoms with Gasteiger partial charge in [0.25, 0.3) is 0 Å². The summed E-state index contributed by atoms with van der Waals surface area (Å²) in [6.07, 6.45) is -2.27. The SMILES string of the molecule is O=C(O)CCCC(CC(=O)O)(C(=O)O)C(=O)O. The summed E-state index contributed by atoms with van der Waals surface area (Å²) in [4.78, 5) is 42.5. The van der Waals surface area contributed by atoms with E-state index in [0.717, 1.165) is 0 Å². The number of carboxylic acids is 4. The Morgan fingerprint density at radius 2 is 1.29 bits per heavy atom. The number of carbonyl (C=O) groups is 4. The van der Waals surface area contributed by atoms with Crippen molar-refractivity contribution in [3.8, 4) is 0 Å². The number of aliphatic carboxylic acids is 4. The molecule has 0 aromatic carbocycles. The van der Waals surface area contributed by atoms with Gasteiger partial charge in [0.15, 0.2) is 5.41 Å². The monoisotopic (exact) mass is 248 g/mol. The third-order valence-corrected chi connectivity index (χ3v) is 2.27. The van der Waals surface area contributed by atoms with E-state index in [9.17, 15) is 19.2 Å². The van der Waals surface area contributed by atoms with Crippen molar-refractivity contribution in [2.24, 2.45) is 5.41 Å². The quantitative estimate of drug-likeness (QED) is 0.434. The number of hydrogen-bond donors (Lipinski definition) is 4. The minimum Gasteiger partial charge on any atom is -0.481 e. The first-order chi connectivity index (χ1) is 7.72. The van der Waals surface area contributed by atoms with Crippen molar-refractivity contribution in [3.63, 3.8) is 0 Å². The second-order valence-corrected chi connectivity index (χ2v) is 3.51. The van der Waals surface area contributed by atoms with E-state index < -0.39 is 48.6 Å².